The summed E-state index contributed by atoms with van der Waals surface area (Å²) in [6, 6.07) is 0. The van der Waals surface area contributed by atoms with E-state index in [9.17, 15) is 9.59 Å². The van der Waals surface area contributed by atoms with Crippen LogP contribution in [0, 0.1) is 13.8 Å². The molecule has 17 heavy (non-hydrogen) atoms. The topological polar surface area (TPSA) is 60.3 Å². The molecule has 0 saturated carbocycles. The fourth-order valence-electron chi connectivity index (χ4n) is 1.82. The number of esters is 1. The van der Waals surface area contributed by atoms with Gasteiger partial charge in [-0.2, -0.15) is 0 Å². The van der Waals surface area contributed by atoms with Crippen LogP contribution in [0.5, 0.6) is 0 Å². The molecule has 0 aliphatic heterocycles. The van der Waals surface area contributed by atoms with Crippen molar-refractivity contribution in [3.05, 3.63) is 23.0 Å². The van der Waals surface area contributed by atoms with Gasteiger partial charge in [-0.1, -0.05) is 0 Å². The molecule has 0 aliphatic rings. The number of amides is 1. The van der Waals surface area contributed by atoms with E-state index in [1.165, 1.54) is 14.0 Å². The van der Waals surface area contributed by atoms with Gasteiger partial charge >= 0.3 is 5.97 Å². The van der Waals surface area contributed by atoms with Crippen LogP contribution in [0.3, 0.4) is 0 Å². The molecule has 0 bridgehead atoms. The Balaban J connectivity index is 2.81. The van der Waals surface area contributed by atoms with Crippen LogP contribution in [0.2, 0.25) is 0 Å². The average Bonchev–Trinajstić information content (AvgIpc) is 2.53. The first-order valence-electron chi connectivity index (χ1n) is 5.46. The molecule has 0 unspecified atom stereocenters. The summed E-state index contributed by atoms with van der Waals surface area (Å²) in [6.07, 6.45) is 1.89. The van der Waals surface area contributed by atoms with Gasteiger partial charge in [0.25, 0.3) is 0 Å². The summed E-state index contributed by atoms with van der Waals surface area (Å²) < 4.78 is 6.67. The third-order valence-electron chi connectivity index (χ3n) is 2.65. The Bertz CT molecular complexity index is 435. The Morgan fingerprint density at radius 2 is 2.06 bits per heavy atom. The maximum atomic E-state index is 11.5. The molecule has 1 amide bonds. The molecule has 1 aromatic heterocycles. The Hall–Kier alpha value is -1.78. The van der Waals surface area contributed by atoms with E-state index in [1.54, 1.807) is 0 Å². The van der Waals surface area contributed by atoms with E-state index in [0.29, 0.717) is 18.7 Å². The molecule has 1 N–H and O–H groups in total. The Labute approximate surface area is 101 Å². The van der Waals surface area contributed by atoms with E-state index < -0.39 is 0 Å². The molecule has 0 atom stereocenters. The second kappa shape index (κ2) is 5.52. The van der Waals surface area contributed by atoms with Gasteiger partial charge in [0.1, 0.15) is 0 Å². The maximum Gasteiger partial charge on any atom is 0.339 e. The molecule has 0 spiro atoms. The number of carbonyl (C=O) groups excluding carboxylic acids is 2. The lowest BCUT2D eigenvalue weighted by molar-refractivity contribution is -0.118. The van der Waals surface area contributed by atoms with Crippen molar-refractivity contribution in [2.75, 3.05) is 13.7 Å². The summed E-state index contributed by atoms with van der Waals surface area (Å²) in [5.74, 6) is -0.377. The highest BCUT2D eigenvalue weighted by Gasteiger charge is 2.16. The molecule has 5 nitrogen and oxygen atoms in total. The quantitative estimate of drug-likeness (QED) is 0.797. The monoisotopic (exact) mass is 238 g/mol. The van der Waals surface area contributed by atoms with Gasteiger partial charge < -0.3 is 14.6 Å². The number of hydrogen-bond acceptors (Lipinski definition) is 3. The molecule has 5 heteroatoms. The minimum absolute atomic E-state index is 0.0558. The van der Waals surface area contributed by atoms with Gasteiger partial charge in [0, 0.05) is 31.9 Å². The molecule has 1 aromatic rings. The Morgan fingerprint density at radius 1 is 1.41 bits per heavy atom. The van der Waals surface area contributed by atoms with Crippen LogP contribution in [0.1, 0.15) is 28.5 Å². The number of carbonyl (C=O) groups is 2. The molecule has 94 valence electrons. The smallest absolute Gasteiger partial charge is 0.339 e. The van der Waals surface area contributed by atoms with E-state index in [2.05, 4.69) is 5.32 Å². The fourth-order valence-corrected chi connectivity index (χ4v) is 1.82. The molecule has 0 aliphatic carbocycles. The molecule has 1 heterocycles. The zero-order valence-corrected chi connectivity index (χ0v) is 10.7. The number of aromatic nitrogens is 1. The summed E-state index contributed by atoms with van der Waals surface area (Å²) in [5, 5.41) is 2.72. The second-order valence-electron chi connectivity index (χ2n) is 3.94. The largest absolute Gasteiger partial charge is 0.465 e. The summed E-state index contributed by atoms with van der Waals surface area (Å²) in [5.41, 5.74) is 2.35. The summed E-state index contributed by atoms with van der Waals surface area (Å²) in [6.45, 7) is 6.41. The first-order chi connectivity index (χ1) is 7.97. The van der Waals surface area contributed by atoms with Crippen molar-refractivity contribution in [1.82, 2.24) is 9.88 Å². The normalized spacial score (nSPS) is 10.1. The van der Waals surface area contributed by atoms with Gasteiger partial charge in [-0.05, 0) is 19.4 Å². The SMILES string of the molecule is COC(=O)c1c(C)cn(CCNC(C)=O)c1C. The number of hydrogen-bond donors (Lipinski definition) is 1. The molecule has 0 aromatic carbocycles. The molecular weight excluding hydrogens is 220 g/mol. The molecular formula is C12H18N2O3. The summed E-state index contributed by atoms with van der Waals surface area (Å²) in [4.78, 5) is 22.3. The zero-order chi connectivity index (χ0) is 13.0. The maximum absolute atomic E-state index is 11.5. The van der Waals surface area contributed by atoms with Gasteiger partial charge in [0.15, 0.2) is 0 Å². The van der Waals surface area contributed by atoms with Gasteiger partial charge in [0.05, 0.1) is 12.7 Å². The lowest BCUT2D eigenvalue weighted by Crippen LogP contribution is -2.24. The standard InChI is InChI=1S/C12H18N2O3/c1-8-7-14(6-5-13-10(3)15)9(2)11(8)12(16)17-4/h7H,5-6H2,1-4H3,(H,13,15). The Morgan fingerprint density at radius 3 is 2.59 bits per heavy atom. The highest BCUT2D eigenvalue weighted by molar-refractivity contribution is 5.92. The molecule has 0 radical (unpaired) electrons. The number of aryl methyl sites for hydroxylation is 1. The van der Waals surface area contributed by atoms with Gasteiger partial charge in [-0.15, -0.1) is 0 Å². The fraction of sp³-hybridized carbons (Fsp3) is 0.500. The lowest BCUT2D eigenvalue weighted by Gasteiger charge is -2.07. The van der Waals surface area contributed by atoms with Gasteiger partial charge in [-0.25, -0.2) is 4.79 Å². The lowest BCUT2D eigenvalue weighted by atomic mass is 10.2. The van der Waals surface area contributed by atoms with E-state index in [4.69, 9.17) is 4.74 Å². The van der Waals surface area contributed by atoms with Crippen LogP contribution < -0.4 is 5.32 Å². The van der Waals surface area contributed by atoms with E-state index in [0.717, 1.165) is 11.3 Å². The van der Waals surface area contributed by atoms with Crippen molar-refractivity contribution in [2.24, 2.45) is 0 Å². The molecule has 1 rings (SSSR count). The van der Waals surface area contributed by atoms with Crippen molar-refractivity contribution in [2.45, 2.75) is 27.3 Å². The van der Waals surface area contributed by atoms with E-state index in [-0.39, 0.29) is 11.9 Å². The first-order valence-corrected chi connectivity index (χ1v) is 5.46. The van der Waals surface area contributed by atoms with Crippen LogP contribution in [0.25, 0.3) is 0 Å². The van der Waals surface area contributed by atoms with Gasteiger partial charge in [-0.3, -0.25) is 4.79 Å². The van der Waals surface area contributed by atoms with E-state index >= 15 is 0 Å². The van der Waals surface area contributed by atoms with Crippen molar-refractivity contribution in [1.29, 1.82) is 0 Å². The third kappa shape index (κ3) is 3.09. The van der Waals surface area contributed by atoms with Crippen LogP contribution in [-0.2, 0) is 16.1 Å². The average molecular weight is 238 g/mol. The first kappa shape index (κ1) is 13.3. The highest BCUT2D eigenvalue weighted by atomic mass is 16.5. The van der Waals surface area contributed by atoms with Crippen LogP contribution >= 0.6 is 0 Å². The highest BCUT2D eigenvalue weighted by Crippen LogP contribution is 2.16. The van der Waals surface area contributed by atoms with Gasteiger partial charge in [0.2, 0.25) is 5.91 Å². The minimum atomic E-state index is -0.321. The number of rotatable bonds is 4. The van der Waals surface area contributed by atoms with E-state index in [1.807, 2.05) is 24.6 Å². The Kier molecular flexibility index (Phi) is 4.31. The number of nitrogens with one attached hydrogen (secondary N) is 1. The predicted octanol–water partition coefficient (Wildman–Crippen LogP) is 1.03. The van der Waals surface area contributed by atoms with Crippen molar-refractivity contribution >= 4 is 11.9 Å². The minimum Gasteiger partial charge on any atom is -0.465 e. The summed E-state index contributed by atoms with van der Waals surface area (Å²) >= 11 is 0. The number of methoxy groups -OCH3 is 1. The van der Waals surface area contributed by atoms with Crippen LogP contribution in [0.4, 0.5) is 0 Å². The zero-order valence-electron chi connectivity index (χ0n) is 10.7. The van der Waals surface area contributed by atoms with Crippen molar-refractivity contribution < 1.29 is 14.3 Å². The number of nitrogens with zero attached hydrogens (tertiary/aromatic N) is 1. The third-order valence-corrected chi connectivity index (χ3v) is 2.65. The van der Waals surface area contributed by atoms with Crippen LogP contribution in [0.15, 0.2) is 6.20 Å². The predicted molar refractivity (Wildman–Crippen MR) is 63.9 cm³/mol. The van der Waals surface area contributed by atoms with Crippen molar-refractivity contribution in [3.63, 3.8) is 0 Å². The number of ether oxygens (including phenoxy) is 1. The van der Waals surface area contributed by atoms with Crippen LogP contribution in [-0.4, -0.2) is 30.1 Å². The molecule has 0 saturated heterocycles. The van der Waals surface area contributed by atoms with Crippen molar-refractivity contribution in [3.8, 4) is 0 Å². The second-order valence-corrected chi connectivity index (χ2v) is 3.94. The summed E-state index contributed by atoms with van der Waals surface area (Å²) in [7, 11) is 1.37. The molecule has 0 fully saturated rings.